The monoisotopic (exact) mass is 132 g/mol. The number of hydrogen-bond donors (Lipinski definition) is 2. The Bertz CT molecular complexity index is 121. The van der Waals surface area contributed by atoms with Crippen LogP contribution in [0, 0.1) is 0 Å². The summed E-state index contributed by atoms with van der Waals surface area (Å²) in [4.78, 5) is 10.6. The van der Waals surface area contributed by atoms with Gasteiger partial charge < -0.3 is 10.6 Å². The molecule has 1 aliphatic heterocycles. The van der Waals surface area contributed by atoms with Gasteiger partial charge in [0.05, 0.1) is 0 Å². The van der Waals surface area contributed by atoms with Crippen molar-refractivity contribution in [2.45, 2.75) is 18.9 Å². The molecule has 1 amide bonds. The molecular formula is C6H16N2O. The van der Waals surface area contributed by atoms with Crippen molar-refractivity contribution in [1.29, 1.82) is 0 Å². The number of amides is 1. The van der Waals surface area contributed by atoms with E-state index in [-0.39, 0.29) is 8.76 Å². The largest absolute Gasteiger partial charge is 0.352 e. The fourth-order valence-corrected chi connectivity index (χ4v) is 1.08. The molecule has 1 rings (SSSR count). The minimum absolute atomic E-state index is 0. The lowest BCUT2D eigenvalue weighted by Gasteiger charge is -2.06. The van der Waals surface area contributed by atoms with Gasteiger partial charge in [0.1, 0.15) is 0 Å². The molecule has 1 atom stereocenters. The lowest BCUT2D eigenvalue weighted by atomic mass is 10.2. The molecule has 2 N–H and O–H groups in total. The van der Waals surface area contributed by atoms with Crippen LogP contribution < -0.4 is 10.6 Å². The summed E-state index contributed by atoms with van der Waals surface area (Å²) in [6, 6.07) is 0.377. The summed E-state index contributed by atoms with van der Waals surface area (Å²) in [5.41, 5.74) is 0. The van der Waals surface area contributed by atoms with Crippen LogP contribution in [0.2, 0.25) is 0 Å². The zero-order valence-corrected chi connectivity index (χ0v) is 5.61. The van der Waals surface area contributed by atoms with Crippen molar-refractivity contribution in [3.63, 3.8) is 0 Å². The average molecular weight is 132 g/mol. The normalized spacial score (nSPS) is 26.3. The van der Waals surface area contributed by atoms with Crippen LogP contribution in [-0.2, 0) is 4.79 Å². The van der Waals surface area contributed by atoms with E-state index in [0.717, 1.165) is 13.0 Å². The van der Waals surface area contributed by atoms with E-state index in [1.165, 1.54) is 0 Å². The Kier molecular flexibility index (Phi) is 2.05. The van der Waals surface area contributed by atoms with E-state index in [1.807, 2.05) is 7.05 Å². The van der Waals surface area contributed by atoms with Crippen molar-refractivity contribution in [1.82, 2.24) is 10.6 Å². The minimum Gasteiger partial charge on any atom is -0.352 e. The number of nitrogens with one attached hydrogen (secondary N) is 2. The van der Waals surface area contributed by atoms with Gasteiger partial charge in [-0.1, -0.05) is 0 Å². The molecule has 1 fully saturated rings. The highest BCUT2D eigenvalue weighted by atomic mass is 16.1. The summed E-state index contributed by atoms with van der Waals surface area (Å²) in [5.74, 6) is 0.190. The molecule has 1 heterocycles. The minimum atomic E-state index is 0. The Morgan fingerprint density at radius 3 is 3.22 bits per heavy atom. The van der Waals surface area contributed by atoms with Gasteiger partial charge in [-0.15, -0.1) is 0 Å². The first-order valence-corrected chi connectivity index (χ1v) is 3.27. The fourth-order valence-electron chi connectivity index (χ4n) is 1.08. The van der Waals surface area contributed by atoms with Crippen LogP contribution in [0.15, 0.2) is 0 Å². The standard InChI is InChI=1S/C6H12N2O.2H2/c1-7-4-5-2-3-6(9)8-5;;/h5,7H,2-4H2,1H3,(H,8,9);2*1H/t5-;;/m1../s1. The maximum absolute atomic E-state index is 10.6. The van der Waals surface area contributed by atoms with E-state index in [0.29, 0.717) is 12.5 Å². The number of rotatable bonds is 2. The van der Waals surface area contributed by atoms with E-state index in [4.69, 9.17) is 0 Å². The Labute approximate surface area is 57.8 Å². The zero-order chi connectivity index (χ0) is 6.69. The van der Waals surface area contributed by atoms with Crippen LogP contribution in [0.5, 0.6) is 0 Å². The van der Waals surface area contributed by atoms with Crippen molar-refractivity contribution >= 4 is 5.91 Å². The van der Waals surface area contributed by atoms with Crippen LogP contribution in [0.4, 0.5) is 0 Å². The van der Waals surface area contributed by atoms with Gasteiger partial charge in [0.25, 0.3) is 0 Å². The van der Waals surface area contributed by atoms with Gasteiger partial charge >= 0.3 is 0 Å². The molecule has 9 heavy (non-hydrogen) atoms. The number of hydrogen-bond acceptors (Lipinski definition) is 2. The van der Waals surface area contributed by atoms with Crippen LogP contribution >= 0.6 is 0 Å². The van der Waals surface area contributed by atoms with Gasteiger partial charge in [-0.25, -0.2) is 0 Å². The second kappa shape index (κ2) is 2.82. The maximum Gasteiger partial charge on any atom is 0.220 e. The van der Waals surface area contributed by atoms with Crippen LogP contribution in [0.1, 0.15) is 15.7 Å². The predicted octanol–water partition coefficient (Wildman–Crippen LogP) is -0.0236. The summed E-state index contributed by atoms with van der Waals surface area (Å²) in [6.07, 6.45) is 1.69. The molecule has 0 unspecified atom stereocenters. The third-order valence-electron chi connectivity index (χ3n) is 1.54. The summed E-state index contributed by atoms with van der Waals surface area (Å²) < 4.78 is 0. The fraction of sp³-hybridized carbons (Fsp3) is 0.833. The van der Waals surface area contributed by atoms with Gasteiger partial charge in [0.15, 0.2) is 0 Å². The second-order valence-corrected chi connectivity index (χ2v) is 2.36. The van der Waals surface area contributed by atoms with Gasteiger partial charge in [-0.05, 0) is 13.5 Å². The first-order chi connectivity index (χ1) is 4.33. The maximum atomic E-state index is 10.6. The van der Waals surface area contributed by atoms with Gasteiger partial charge in [0, 0.05) is 21.9 Å². The first kappa shape index (κ1) is 6.55. The van der Waals surface area contributed by atoms with Crippen molar-refractivity contribution in [3.8, 4) is 0 Å². The molecule has 0 bridgehead atoms. The number of carbonyl (C=O) groups is 1. The average Bonchev–Trinajstić information content (AvgIpc) is 2.17. The van der Waals surface area contributed by atoms with Crippen LogP contribution in [-0.4, -0.2) is 25.5 Å². The van der Waals surface area contributed by atoms with Gasteiger partial charge in [-0.3, -0.25) is 4.79 Å². The lowest BCUT2D eigenvalue weighted by molar-refractivity contribution is -0.119. The summed E-state index contributed by atoms with van der Waals surface area (Å²) in [7, 11) is 1.89. The Hall–Kier alpha value is -0.570. The first-order valence-electron chi connectivity index (χ1n) is 3.27. The topological polar surface area (TPSA) is 41.1 Å². The van der Waals surface area contributed by atoms with Gasteiger partial charge in [0.2, 0.25) is 5.91 Å². The molecule has 3 heteroatoms. The third-order valence-corrected chi connectivity index (χ3v) is 1.54. The Morgan fingerprint density at radius 2 is 2.78 bits per heavy atom. The quantitative estimate of drug-likeness (QED) is 0.554. The van der Waals surface area contributed by atoms with E-state index >= 15 is 0 Å². The van der Waals surface area contributed by atoms with Gasteiger partial charge in [-0.2, -0.15) is 0 Å². The molecule has 0 saturated carbocycles. The highest BCUT2D eigenvalue weighted by molar-refractivity contribution is 5.78. The van der Waals surface area contributed by atoms with Crippen molar-refractivity contribution in [3.05, 3.63) is 0 Å². The molecule has 0 aliphatic carbocycles. The second-order valence-electron chi connectivity index (χ2n) is 2.36. The SMILES string of the molecule is CNC[C@H]1CCC(=O)N1.[HH].[HH]. The molecule has 0 aromatic carbocycles. The third kappa shape index (κ3) is 1.68. The summed E-state index contributed by atoms with van der Waals surface area (Å²) in [6.45, 7) is 0.895. The molecule has 3 nitrogen and oxygen atoms in total. The molecule has 0 aromatic rings. The van der Waals surface area contributed by atoms with Crippen molar-refractivity contribution in [2.75, 3.05) is 13.6 Å². The lowest BCUT2D eigenvalue weighted by Crippen LogP contribution is -2.33. The van der Waals surface area contributed by atoms with Crippen molar-refractivity contribution < 1.29 is 7.65 Å². The molecule has 0 radical (unpaired) electrons. The van der Waals surface area contributed by atoms with E-state index in [9.17, 15) is 4.79 Å². The highest BCUT2D eigenvalue weighted by Gasteiger charge is 2.18. The molecule has 1 aliphatic rings. The highest BCUT2D eigenvalue weighted by Crippen LogP contribution is 2.04. The van der Waals surface area contributed by atoms with E-state index in [2.05, 4.69) is 10.6 Å². The van der Waals surface area contributed by atoms with Crippen molar-refractivity contribution in [2.24, 2.45) is 0 Å². The molecule has 1 saturated heterocycles. The number of carbonyl (C=O) groups excluding carboxylic acids is 1. The van der Waals surface area contributed by atoms with E-state index in [1.54, 1.807) is 0 Å². The molecule has 0 spiro atoms. The van der Waals surface area contributed by atoms with Crippen LogP contribution in [0.3, 0.4) is 0 Å². The summed E-state index contributed by atoms with van der Waals surface area (Å²) in [5, 5.41) is 5.87. The van der Waals surface area contributed by atoms with Crippen LogP contribution in [0.25, 0.3) is 0 Å². The Balaban J connectivity index is 0. The smallest absolute Gasteiger partial charge is 0.220 e. The van der Waals surface area contributed by atoms with E-state index < -0.39 is 0 Å². The predicted molar refractivity (Wildman–Crippen MR) is 39.3 cm³/mol. The number of likely N-dealkylation sites (N-methyl/N-ethyl adjacent to an activating group) is 1. The molecule has 56 valence electrons. The zero-order valence-electron chi connectivity index (χ0n) is 5.61. The summed E-state index contributed by atoms with van der Waals surface area (Å²) >= 11 is 0. The molecule has 0 aromatic heterocycles. The molecular weight excluding hydrogens is 116 g/mol. The Morgan fingerprint density at radius 1 is 2.00 bits per heavy atom.